The zero-order valence-corrected chi connectivity index (χ0v) is 19.5. The summed E-state index contributed by atoms with van der Waals surface area (Å²) in [5.41, 5.74) is -2.21. The van der Waals surface area contributed by atoms with E-state index in [1.165, 1.54) is 24.3 Å². The lowest BCUT2D eigenvalue weighted by atomic mass is 10.0. The number of aliphatic hydroxyl groups excluding tert-OH is 1. The minimum absolute atomic E-state index is 0.144. The maximum atomic E-state index is 13.6. The van der Waals surface area contributed by atoms with Crippen molar-refractivity contribution in [2.45, 2.75) is 37.6 Å². The van der Waals surface area contributed by atoms with Gasteiger partial charge in [-0.3, -0.25) is 8.98 Å². The third-order valence-corrected chi connectivity index (χ3v) is 6.45. The molecule has 0 aliphatic heterocycles. The molecule has 1 N–H and O–H groups in total. The van der Waals surface area contributed by atoms with Gasteiger partial charge < -0.3 is 9.67 Å². The molecule has 1 aromatic heterocycles. The third kappa shape index (κ3) is 5.97. The van der Waals surface area contributed by atoms with Crippen LogP contribution in [0.25, 0.3) is 11.3 Å². The SMILES string of the molecule is Cc1ccc(S(=O)(=O)OCC(O)Cn2c(-c3cccc(C)c3)cc(C(F)(F)F)c(C#N)c2=O)cc1. The fraction of sp³-hybridized carbons (Fsp3) is 0.250. The van der Waals surface area contributed by atoms with Crippen molar-refractivity contribution >= 4 is 10.1 Å². The third-order valence-electron chi connectivity index (χ3n) is 5.15. The van der Waals surface area contributed by atoms with E-state index in [1.807, 2.05) is 0 Å². The van der Waals surface area contributed by atoms with Crippen LogP contribution in [-0.2, 0) is 27.0 Å². The van der Waals surface area contributed by atoms with E-state index in [0.29, 0.717) is 11.6 Å². The van der Waals surface area contributed by atoms with Crippen LogP contribution < -0.4 is 5.56 Å². The number of aryl methyl sites for hydroxylation is 2. The van der Waals surface area contributed by atoms with E-state index in [-0.39, 0.29) is 16.2 Å². The second kappa shape index (κ2) is 10.0. The van der Waals surface area contributed by atoms with Crippen LogP contribution in [0.4, 0.5) is 13.2 Å². The van der Waals surface area contributed by atoms with Crippen molar-refractivity contribution in [2.75, 3.05) is 6.61 Å². The molecule has 0 amide bonds. The van der Waals surface area contributed by atoms with Gasteiger partial charge in [-0.1, -0.05) is 41.5 Å². The second-order valence-corrected chi connectivity index (χ2v) is 9.53. The van der Waals surface area contributed by atoms with Crippen LogP contribution in [0.1, 0.15) is 22.3 Å². The molecule has 35 heavy (non-hydrogen) atoms. The van der Waals surface area contributed by atoms with Crippen molar-refractivity contribution in [3.8, 4) is 17.3 Å². The molecule has 184 valence electrons. The summed E-state index contributed by atoms with van der Waals surface area (Å²) in [5, 5.41) is 19.7. The number of nitrogens with zero attached hydrogens (tertiary/aromatic N) is 2. The van der Waals surface area contributed by atoms with Crippen LogP contribution in [0, 0.1) is 25.2 Å². The first kappa shape index (κ1) is 26.2. The van der Waals surface area contributed by atoms with Gasteiger partial charge in [0.1, 0.15) is 11.6 Å². The molecular weight excluding hydrogens is 485 g/mol. The average Bonchev–Trinajstić information content (AvgIpc) is 2.78. The number of aliphatic hydroxyl groups is 1. The van der Waals surface area contributed by atoms with Gasteiger partial charge in [0.15, 0.2) is 0 Å². The summed E-state index contributed by atoms with van der Waals surface area (Å²) in [4.78, 5) is 12.8. The normalized spacial score (nSPS) is 12.8. The van der Waals surface area contributed by atoms with Crippen molar-refractivity contribution in [2.24, 2.45) is 0 Å². The molecule has 3 aromatic rings. The van der Waals surface area contributed by atoms with Crippen LogP contribution in [0.2, 0.25) is 0 Å². The summed E-state index contributed by atoms with van der Waals surface area (Å²) < 4.78 is 71.2. The van der Waals surface area contributed by atoms with Gasteiger partial charge in [-0.05, 0) is 43.7 Å². The molecule has 0 saturated heterocycles. The van der Waals surface area contributed by atoms with Crippen molar-refractivity contribution in [1.29, 1.82) is 5.26 Å². The number of hydrogen-bond acceptors (Lipinski definition) is 6. The first-order valence-electron chi connectivity index (χ1n) is 10.3. The van der Waals surface area contributed by atoms with E-state index in [4.69, 9.17) is 4.18 Å². The number of benzene rings is 2. The molecule has 0 aliphatic carbocycles. The highest BCUT2D eigenvalue weighted by Crippen LogP contribution is 2.33. The van der Waals surface area contributed by atoms with Crippen LogP contribution in [-0.4, -0.2) is 30.8 Å². The lowest BCUT2D eigenvalue weighted by molar-refractivity contribution is -0.137. The molecule has 0 aliphatic rings. The molecule has 0 bridgehead atoms. The molecule has 0 fully saturated rings. The molecule has 1 atom stereocenters. The molecule has 0 saturated carbocycles. The Balaban J connectivity index is 1.99. The fourth-order valence-electron chi connectivity index (χ4n) is 3.41. The van der Waals surface area contributed by atoms with Crippen LogP contribution in [0.3, 0.4) is 0 Å². The van der Waals surface area contributed by atoms with E-state index in [9.17, 15) is 36.8 Å². The van der Waals surface area contributed by atoms with E-state index in [0.717, 1.165) is 10.1 Å². The lowest BCUT2D eigenvalue weighted by Gasteiger charge is -2.20. The van der Waals surface area contributed by atoms with Gasteiger partial charge in [-0.15, -0.1) is 0 Å². The highest BCUT2D eigenvalue weighted by atomic mass is 32.2. The monoisotopic (exact) mass is 506 g/mol. The molecule has 2 aromatic carbocycles. The lowest BCUT2D eigenvalue weighted by Crippen LogP contribution is -2.34. The average molecular weight is 507 g/mol. The molecule has 1 unspecified atom stereocenters. The van der Waals surface area contributed by atoms with E-state index in [2.05, 4.69) is 0 Å². The Morgan fingerprint density at radius 1 is 1.09 bits per heavy atom. The van der Waals surface area contributed by atoms with Crippen molar-refractivity contribution < 1.29 is 30.9 Å². The van der Waals surface area contributed by atoms with Crippen molar-refractivity contribution in [3.05, 3.63) is 87.2 Å². The summed E-state index contributed by atoms with van der Waals surface area (Å²) in [6.45, 7) is 2.10. The van der Waals surface area contributed by atoms with Crippen LogP contribution >= 0.6 is 0 Å². The minimum atomic E-state index is -4.97. The first-order valence-corrected chi connectivity index (χ1v) is 11.7. The van der Waals surface area contributed by atoms with Gasteiger partial charge in [-0.25, -0.2) is 0 Å². The number of aromatic nitrogens is 1. The number of rotatable bonds is 7. The molecule has 7 nitrogen and oxygen atoms in total. The number of alkyl halides is 3. The topological polar surface area (TPSA) is 109 Å². The van der Waals surface area contributed by atoms with Gasteiger partial charge in [0.2, 0.25) is 0 Å². The van der Waals surface area contributed by atoms with Crippen LogP contribution in [0.15, 0.2) is 64.3 Å². The predicted octanol–water partition coefficient (Wildman–Crippen LogP) is 3.79. The van der Waals surface area contributed by atoms with Crippen molar-refractivity contribution in [3.63, 3.8) is 0 Å². The van der Waals surface area contributed by atoms with E-state index in [1.54, 1.807) is 44.2 Å². The number of nitriles is 1. The predicted molar refractivity (Wildman–Crippen MR) is 121 cm³/mol. The minimum Gasteiger partial charge on any atom is -0.389 e. The molecule has 0 spiro atoms. The number of halogens is 3. The fourth-order valence-corrected chi connectivity index (χ4v) is 4.35. The zero-order chi connectivity index (χ0) is 26.0. The van der Waals surface area contributed by atoms with Gasteiger partial charge in [0, 0.05) is 0 Å². The summed E-state index contributed by atoms with van der Waals surface area (Å²) in [5.74, 6) is 0. The van der Waals surface area contributed by atoms with Gasteiger partial charge in [0.25, 0.3) is 15.7 Å². The standard InChI is InChI=1S/C24H21F3N2O5S/c1-15-6-8-19(9-7-15)35(32,33)34-14-18(30)13-29-22(17-5-3-4-16(2)10-17)11-21(24(25,26)27)20(12-28)23(29)31/h3-11,18,30H,13-14H2,1-2H3. The highest BCUT2D eigenvalue weighted by molar-refractivity contribution is 7.86. The van der Waals surface area contributed by atoms with Crippen molar-refractivity contribution in [1.82, 2.24) is 4.57 Å². The van der Waals surface area contributed by atoms with E-state index < -0.39 is 52.2 Å². The molecule has 0 radical (unpaired) electrons. The maximum Gasteiger partial charge on any atom is 0.417 e. The summed E-state index contributed by atoms with van der Waals surface area (Å²) >= 11 is 0. The second-order valence-electron chi connectivity index (χ2n) is 7.92. The molecular formula is C24H21F3N2O5S. The Morgan fingerprint density at radius 2 is 1.74 bits per heavy atom. The highest BCUT2D eigenvalue weighted by Gasteiger charge is 2.36. The summed E-state index contributed by atoms with van der Waals surface area (Å²) in [6.07, 6.45) is -6.56. The Morgan fingerprint density at radius 3 is 2.31 bits per heavy atom. The molecule has 1 heterocycles. The van der Waals surface area contributed by atoms with Gasteiger partial charge >= 0.3 is 6.18 Å². The molecule has 3 rings (SSSR count). The maximum absolute atomic E-state index is 13.6. The van der Waals surface area contributed by atoms with E-state index >= 15 is 0 Å². The van der Waals surface area contributed by atoms with Gasteiger partial charge in [0.05, 0.1) is 35.4 Å². The summed E-state index contributed by atoms with van der Waals surface area (Å²) in [7, 11) is -4.23. The Labute approximate surface area is 199 Å². The Bertz CT molecular complexity index is 1440. The smallest absolute Gasteiger partial charge is 0.389 e. The zero-order valence-electron chi connectivity index (χ0n) is 18.7. The summed E-state index contributed by atoms with van der Waals surface area (Å²) in [6, 6.07) is 14.1. The van der Waals surface area contributed by atoms with Gasteiger partial charge in [-0.2, -0.15) is 26.9 Å². The Kier molecular flexibility index (Phi) is 7.50. The quantitative estimate of drug-likeness (QED) is 0.489. The first-order chi connectivity index (χ1) is 16.3. The largest absolute Gasteiger partial charge is 0.417 e. The number of hydrogen-bond donors (Lipinski definition) is 1. The molecule has 11 heteroatoms. The Hall–Kier alpha value is -3.46. The van der Waals surface area contributed by atoms with Crippen LogP contribution in [0.5, 0.6) is 0 Å². The number of pyridine rings is 1.